The molecular weight excluding hydrogens is 608 g/mol. The van der Waals surface area contributed by atoms with Crippen LogP contribution in [-0.4, -0.2) is 23.3 Å². The third-order valence-electron chi connectivity index (χ3n) is 5.15. The topological polar surface area (TPSA) is 134 Å². The van der Waals surface area contributed by atoms with Crippen LogP contribution in [0.2, 0.25) is 0 Å². The quantitative estimate of drug-likeness (QED) is 0.130. The Kier molecular flexibility index (Phi) is 9.16. The Morgan fingerprint density at radius 2 is 1.70 bits per heavy atom. The second kappa shape index (κ2) is 12.3. The number of carbonyl (C=O) groups is 2. The average Bonchev–Trinajstić information content (AvgIpc) is 2.84. The molecule has 0 aliphatic heterocycles. The van der Waals surface area contributed by atoms with Gasteiger partial charge in [-0.2, -0.15) is 5.26 Å². The maximum absolute atomic E-state index is 12.6. The minimum Gasteiger partial charge on any atom is -0.481 e. The molecular formula is C26H20Br2N4O5. The number of anilines is 2. The van der Waals surface area contributed by atoms with Crippen molar-refractivity contribution in [3.8, 4) is 11.8 Å². The van der Waals surface area contributed by atoms with E-state index in [1.807, 2.05) is 38.1 Å². The number of amides is 2. The molecule has 11 heteroatoms. The molecule has 0 unspecified atom stereocenters. The minimum absolute atomic E-state index is 0.186. The standard InChI is InChI=1S/C26H20Br2N4O5/c1-15-6-7-20(8-16(15)2)30-24(33)14-37-25-22(27)10-17(11-23(25)28)9-18(13-29)26(34)31-19-4-3-5-21(12-19)32(35)36/h3-12H,14H2,1-2H3,(H,30,33)(H,31,34)/b18-9-. The molecule has 0 saturated carbocycles. The Balaban J connectivity index is 1.70. The number of aryl methyl sites for hydroxylation is 2. The van der Waals surface area contributed by atoms with Crippen LogP contribution in [0.25, 0.3) is 6.08 Å². The van der Waals surface area contributed by atoms with Gasteiger partial charge < -0.3 is 15.4 Å². The summed E-state index contributed by atoms with van der Waals surface area (Å²) in [6, 6.07) is 16.1. The van der Waals surface area contributed by atoms with Crippen LogP contribution < -0.4 is 15.4 Å². The van der Waals surface area contributed by atoms with E-state index in [-0.39, 0.29) is 29.5 Å². The third-order valence-corrected chi connectivity index (χ3v) is 6.33. The van der Waals surface area contributed by atoms with Gasteiger partial charge >= 0.3 is 0 Å². The molecule has 188 valence electrons. The van der Waals surface area contributed by atoms with Crippen LogP contribution in [0.3, 0.4) is 0 Å². The SMILES string of the molecule is Cc1ccc(NC(=O)COc2c(Br)cc(/C=C(/C#N)C(=O)Nc3cccc([N+](=O)[O-])c3)cc2Br)cc1C. The second-order valence-electron chi connectivity index (χ2n) is 7.88. The van der Waals surface area contributed by atoms with Crippen molar-refractivity contribution in [2.24, 2.45) is 0 Å². The van der Waals surface area contributed by atoms with Crippen LogP contribution in [0.1, 0.15) is 16.7 Å². The van der Waals surface area contributed by atoms with E-state index in [1.54, 1.807) is 12.1 Å². The molecule has 0 radical (unpaired) electrons. The lowest BCUT2D eigenvalue weighted by Crippen LogP contribution is -2.20. The summed E-state index contributed by atoms with van der Waals surface area (Å²) >= 11 is 6.79. The summed E-state index contributed by atoms with van der Waals surface area (Å²) in [7, 11) is 0. The zero-order chi connectivity index (χ0) is 27.1. The summed E-state index contributed by atoms with van der Waals surface area (Å²) in [6.07, 6.45) is 1.36. The van der Waals surface area contributed by atoms with Crippen molar-refractivity contribution in [3.63, 3.8) is 0 Å². The van der Waals surface area contributed by atoms with Crippen molar-refractivity contribution in [2.75, 3.05) is 17.2 Å². The first-order valence-electron chi connectivity index (χ1n) is 10.7. The molecule has 9 nitrogen and oxygen atoms in total. The van der Waals surface area contributed by atoms with Gasteiger partial charge in [0.25, 0.3) is 17.5 Å². The second-order valence-corrected chi connectivity index (χ2v) is 9.59. The van der Waals surface area contributed by atoms with E-state index in [2.05, 4.69) is 42.5 Å². The summed E-state index contributed by atoms with van der Waals surface area (Å²) in [6.45, 7) is 3.70. The molecule has 0 aliphatic carbocycles. The van der Waals surface area contributed by atoms with E-state index in [0.717, 1.165) is 11.1 Å². The first-order chi connectivity index (χ1) is 17.6. The number of nitriles is 1. The highest BCUT2D eigenvalue weighted by Gasteiger charge is 2.15. The van der Waals surface area contributed by atoms with Crippen LogP contribution in [0.15, 0.2) is 69.1 Å². The van der Waals surface area contributed by atoms with Gasteiger partial charge in [0.1, 0.15) is 17.4 Å². The van der Waals surface area contributed by atoms with E-state index in [9.17, 15) is 25.0 Å². The molecule has 0 bridgehead atoms. The van der Waals surface area contributed by atoms with E-state index in [1.165, 1.54) is 30.3 Å². The predicted octanol–water partition coefficient (Wildman–Crippen LogP) is 6.30. The summed E-state index contributed by atoms with van der Waals surface area (Å²) in [5.41, 5.74) is 3.13. The molecule has 3 rings (SSSR count). The smallest absolute Gasteiger partial charge is 0.271 e. The maximum atomic E-state index is 12.6. The van der Waals surface area contributed by atoms with Gasteiger partial charge in [0.15, 0.2) is 6.61 Å². The molecule has 3 aromatic rings. The molecule has 0 aliphatic rings. The van der Waals surface area contributed by atoms with Crippen LogP contribution in [-0.2, 0) is 9.59 Å². The lowest BCUT2D eigenvalue weighted by molar-refractivity contribution is -0.384. The van der Waals surface area contributed by atoms with Crippen LogP contribution in [0, 0.1) is 35.3 Å². The Labute approximate surface area is 229 Å². The van der Waals surface area contributed by atoms with Gasteiger partial charge in [0, 0.05) is 23.5 Å². The minimum atomic E-state index is -0.724. The fourth-order valence-electron chi connectivity index (χ4n) is 3.17. The number of nitrogens with zero attached hydrogens (tertiary/aromatic N) is 2. The number of halogens is 2. The normalized spacial score (nSPS) is 10.8. The summed E-state index contributed by atoms with van der Waals surface area (Å²) < 4.78 is 6.65. The van der Waals surface area contributed by atoms with Crippen LogP contribution in [0.5, 0.6) is 5.75 Å². The highest BCUT2D eigenvalue weighted by atomic mass is 79.9. The van der Waals surface area contributed by atoms with Crippen molar-refractivity contribution in [3.05, 3.63) is 95.9 Å². The molecule has 0 heterocycles. The number of hydrogen-bond donors (Lipinski definition) is 2. The summed E-state index contributed by atoms with van der Waals surface area (Å²) in [5, 5.41) is 25.7. The number of non-ortho nitro benzene ring substituents is 1. The van der Waals surface area contributed by atoms with Gasteiger partial charge in [-0.3, -0.25) is 19.7 Å². The Bertz CT molecular complexity index is 1440. The van der Waals surface area contributed by atoms with E-state index >= 15 is 0 Å². The molecule has 37 heavy (non-hydrogen) atoms. The number of nitro groups is 1. The van der Waals surface area contributed by atoms with Gasteiger partial charge in [0.2, 0.25) is 0 Å². The zero-order valence-electron chi connectivity index (χ0n) is 19.7. The van der Waals surface area contributed by atoms with Crippen molar-refractivity contribution in [1.29, 1.82) is 5.26 Å². The van der Waals surface area contributed by atoms with Gasteiger partial charge in [-0.25, -0.2) is 0 Å². The molecule has 2 amide bonds. The number of benzene rings is 3. The Morgan fingerprint density at radius 3 is 2.32 bits per heavy atom. The molecule has 0 atom stereocenters. The van der Waals surface area contributed by atoms with Crippen molar-refractivity contribution >= 4 is 66.8 Å². The molecule has 0 spiro atoms. The average molecular weight is 628 g/mol. The number of carbonyl (C=O) groups excluding carboxylic acids is 2. The van der Waals surface area contributed by atoms with Gasteiger partial charge in [-0.1, -0.05) is 12.1 Å². The number of nitro benzene ring substituents is 1. The number of hydrogen-bond acceptors (Lipinski definition) is 6. The maximum Gasteiger partial charge on any atom is 0.271 e. The van der Waals surface area contributed by atoms with Crippen LogP contribution in [0.4, 0.5) is 17.1 Å². The fraction of sp³-hybridized carbons (Fsp3) is 0.115. The van der Waals surface area contributed by atoms with E-state index in [4.69, 9.17) is 4.74 Å². The highest BCUT2D eigenvalue weighted by Crippen LogP contribution is 2.35. The summed E-state index contributed by atoms with van der Waals surface area (Å²) in [5.74, 6) is -0.693. The monoisotopic (exact) mass is 626 g/mol. The van der Waals surface area contributed by atoms with Crippen molar-refractivity contribution in [1.82, 2.24) is 0 Å². The van der Waals surface area contributed by atoms with E-state index < -0.39 is 10.8 Å². The molecule has 0 fully saturated rings. The first-order valence-corrected chi connectivity index (χ1v) is 12.3. The van der Waals surface area contributed by atoms with Gasteiger partial charge in [0.05, 0.1) is 13.9 Å². The summed E-state index contributed by atoms with van der Waals surface area (Å²) in [4.78, 5) is 35.3. The fourth-order valence-corrected chi connectivity index (χ4v) is 4.62. The Hall–Kier alpha value is -4.01. The first kappa shape index (κ1) is 27.6. The predicted molar refractivity (Wildman–Crippen MR) is 147 cm³/mol. The largest absolute Gasteiger partial charge is 0.481 e. The zero-order valence-corrected chi connectivity index (χ0v) is 22.8. The molecule has 0 saturated heterocycles. The Morgan fingerprint density at radius 1 is 1.03 bits per heavy atom. The van der Waals surface area contributed by atoms with Crippen molar-refractivity contribution < 1.29 is 19.2 Å². The van der Waals surface area contributed by atoms with Crippen LogP contribution >= 0.6 is 31.9 Å². The lowest BCUT2D eigenvalue weighted by Gasteiger charge is -2.12. The third kappa shape index (κ3) is 7.49. The molecule has 2 N–H and O–H groups in total. The van der Waals surface area contributed by atoms with E-state index in [0.29, 0.717) is 25.9 Å². The van der Waals surface area contributed by atoms with Crippen molar-refractivity contribution in [2.45, 2.75) is 13.8 Å². The number of rotatable bonds is 8. The molecule has 0 aromatic heterocycles. The number of ether oxygens (including phenoxy) is 1. The molecule has 3 aromatic carbocycles. The van der Waals surface area contributed by atoms with Gasteiger partial charge in [-0.15, -0.1) is 0 Å². The van der Waals surface area contributed by atoms with Gasteiger partial charge in [-0.05, 0) is 98.8 Å². The highest BCUT2D eigenvalue weighted by molar-refractivity contribution is 9.11. The lowest BCUT2D eigenvalue weighted by atomic mass is 10.1. The number of nitrogens with one attached hydrogen (secondary N) is 2.